The molecule has 0 fully saturated rings. The number of aryl methyl sites for hydroxylation is 2. The summed E-state index contributed by atoms with van der Waals surface area (Å²) in [6.07, 6.45) is 1.74. The molecule has 1 N–H and O–H groups in total. The highest BCUT2D eigenvalue weighted by Crippen LogP contribution is 2.25. The number of carbonyl (C=O) groups is 1. The maximum atomic E-state index is 11.9. The lowest BCUT2D eigenvalue weighted by molar-refractivity contribution is -0.146. The van der Waals surface area contributed by atoms with Crippen molar-refractivity contribution in [1.29, 1.82) is 0 Å². The topological polar surface area (TPSA) is 51.2 Å². The molecule has 1 aromatic heterocycles. The largest absolute Gasteiger partial charge is 0.465 e. The summed E-state index contributed by atoms with van der Waals surface area (Å²) in [5, 5.41) is 4.43. The number of rotatable bonds is 7. The molecular weight excluding hydrogens is 260 g/mol. The lowest BCUT2D eigenvalue weighted by Crippen LogP contribution is -2.39. The molecule has 0 saturated heterocycles. The average molecular weight is 284 g/mol. The van der Waals surface area contributed by atoms with Crippen molar-refractivity contribution in [2.24, 2.45) is 0 Å². The first kappa shape index (κ1) is 16.1. The Morgan fingerprint density at radius 3 is 2.58 bits per heavy atom. The van der Waals surface area contributed by atoms with Crippen LogP contribution in [0.3, 0.4) is 0 Å². The molecule has 0 aromatic carbocycles. The number of hydrogen-bond donors (Lipinski definition) is 1. The zero-order chi connectivity index (χ0) is 14.4. The molecule has 1 heterocycles. The minimum absolute atomic E-state index is 0.118. The Morgan fingerprint density at radius 1 is 1.42 bits per heavy atom. The zero-order valence-corrected chi connectivity index (χ0v) is 13.3. The van der Waals surface area contributed by atoms with Crippen molar-refractivity contribution in [3.63, 3.8) is 0 Å². The van der Waals surface area contributed by atoms with Crippen LogP contribution in [0.4, 0.5) is 0 Å². The fourth-order valence-electron chi connectivity index (χ4n) is 2.13. The highest BCUT2D eigenvalue weighted by Gasteiger charge is 2.23. The number of esters is 1. The van der Waals surface area contributed by atoms with E-state index in [2.05, 4.69) is 24.1 Å². The summed E-state index contributed by atoms with van der Waals surface area (Å²) >= 11 is 1.68. The molecule has 0 saturated carbocycles. The van der Waals surface area contributed by atoms with Gasteiger partial charge in [0.25, 0.3) is 0 Å². The molecule has 0 amide bonds. The number of aromatic nitrogens is 1. The van der Waals surface area contributed by atoms with Gasteiger partial charge in [-0.15, -0.1) is 11.3 Å². The van der Waals surface area contributed by atoms with E-state index in [1.165, 1.54) is 4.88 Å². The predicted octanol–water partition coefficient (Wildman–Crippen LogP) is 3.14. The lowest BCUT2D eigenvalue weighted by Gasteiger charge is -2.21. The molecule has 0 spiro atoms. The normalized spacial score (nSPS) is 14.2. The second-order valence-corrected chi connectivity index (χ2v) is 5.90. The molecule has 19 heavy (non-hydrogen) atoms. The van der Waals surface area contributed by atoms with E-state index in [0.29, 0.717) is 6.61 Å². The van der Waals surface area contributed by atoms with Crippen LogP contribution in [0.5, 0.6) is 0 Å². The maximum absolute atomic E-state index is 11.9. The number of hydrogen-bond acceptors (Lipinski definition) is 5. The maximum Gasteiger partial charge on any atom is 0.323 e. The van der Waals surface area contributed by atoms with Gasteiger partial charge in [-0.1, -0.05) is 13.3 Å². The Hall–Kier alpha value is -0.940. The van der Waals surface area contributed by atoms with Crippen molar-refractivity contribution in [2.45, 2.75) is 59.5 Å². The van der Waals surface area contributed by atoms with Crippen molar-refractivity contribution in [2.75, 3.05) is 6.61 Å². The fraction of sp³-hybridized carbons (Fsp3) is 0.714. The van der Waals surface area contributed by atoms with Gasteiger partial charge in [-0.2, -0.15) is 0 Å². The highest BCUT2D eigenvalue weighted by atomic mass is 32.1. The highest BCUT2D eigenvalue weighted by molar-refractivity contribution is 7.11. The van der Waals surface area contributed by atoms with E-state index in [0.717, 1.165) is 23.5 Å². The molecule has 0 aliphatic rings. The van der Waals surface area contributed by atoms with Gasteiger partial charge in [-0.3, -0.25) is 10.1 Å². The van der Waals surface area contributed by atoms with Crippen LogP contribution in [0, 0.1) is 13.8 Å². The third-order valence-electron chi connectivity index (χ3n) is 2.93. The van der Waals surface area contributed by atoms with Crippen LogP contribution in [-0.2, 0) is 9.53 Å². The summed E-state index contributed by atoms with van der Waals surface area (Å²) < 4.78 is 5.12. The summed E-state index contributed by atoms with van der Waals surface area (Å²) in [7, 11) is 0. The Morgan fingerprint density at radius 2 is 2.11 bits per heavy atom. The number of nitrogens with zero attached hydrogens (tertiary/aromatic N) is 1. The van der Waals surface area contributed by atoms with Gasteiger partial charge < -0.3 is 4.74 Å². The first-order valence-electron chi connectivity index (χ1n) is 6.86. The fourth-order valence-corrected chi connectivity index (χ4v) is 3.07. The van der Waals surface area contributed by atoms with Crippen molar-refractivity contribution < 1.29 is 9.53 Å². The third kappa shape index (κ3) is 4.58. The van der Waals surface area contributed by atoms with Crippen molar-refractivity contribution in [3.8, 4) is 0 Å². The lowest BCUT2D eigenvalue weighted by atomic mass is 10.1. The van der Waals surface area contributed by atoms with E-state index in [1.54, 1.807) is 11.3 Å². The molecule has 5 heteroatoms. The Labute approximate surface area is 119 Å². The molecule has 1 aromatic rings. The zero-order valence-electron chi connectivity index (χ0n) is 12.4. The van der Waals surface area contributed by atoms with Crippen molar-refractivity contribution in [3.05, 3.63) is 15.6 Å². The Bertz CT molecular complexity index is 418. The van der Waals surface area contributed by atoms with Crippen LogP contribution in [0.15, 0.2) is 0 Å². The van der Waals surface area contributed by atoms with Crippen LogP contribution in [0.1, 0.15) is 55.2 Å². The van der Waals surface area contributed by atoms with E-state index in [1.807, 2.05) is 20.8 Å². The summed E-state index contributed by atoms with van der Waals surface area (Å²) in [4.78, 5) is 17.5. The average Bonchev–Trinajstić information content (AvgIpc) is 2.68. The van der Waals surface area contributed by atoms with Gasteiger partial charge in [-0.05, 0) is 34.1 Å². The van der Waals surface area contributed by atoms with E-state index in [4.69, 9.17) is 4.74 Å². The number of ether oxygens (including phenoxy) is 1. The van der Waals surface area contributed by atoms with Gasteiger partial charge in [0.2, 0.25) is 0 Å². The van der Waals surface area contributed by atoms with E-state index < -0.39 is 0 Å². The molecule has 0 bridgehead atoms. The van der Waals surface area contributed by atoms with Crippen LogP contribution >= 0.6 is 11.3 Å². The molecule has 4 nitrogen and oxygen atoms in total. The van der Waals surface area contributed by atoms with Gasteiger partial charge >= 0.3 is 5.97 Å². The molecule has 0 aliphatic carbocycles. The van der Waals surface area contributed by atoms with Crippen LogP contribution in [0.2, 0.25) is 0 Å². The first-order chi connectivity index (χ1) is 8.99. The summed E-state index contributed by atoms with van der Waals surface area (Å²) in [5.74, 6) is -0.157. The summed E-state index contributed by atoms with van der Waals surface area (Å²) in [6.45, 7) is 10.4. The smallest absolute Gasteiger partial charge is 0.323 e. The Kier molecular flexibility index (Phi) is 6.45. The molecule has 2 unspecified atom stereocenters. The quantitative estimate of drug-likeness (QED) is 0.782. The molecule has 0 aliphatic heterocycles. The minimum Gasteiger partial charge on any atom is -0.465 e. The van der Waals surface area contributed by atoms with Gasteiger partial charge in [0, 0.05) is 10.9 Å². The summed E-state index contributed by atoms with van der Waals surface area (Å²) in [6, 6.07) is -0.117. The monoisotopic (exact) mass is 284 g/mol. The van der Waals surface area contributed by atoms with Gasteiger partial charge in [0.05, 0.1) is 17.3 Å². The number of nitrogens with one attached hydrogen (secondary N) is 1. The van der Waals surface area contributed by atoms with Crippen LogP contribution < -0.4 is 5.32 Å². The molecule has 0 radical (unpaired) electrons. The SMILES string of the molecule is CCCC(NC(C)c1sc(C)nc1C)C(=O)OCC. The van der Waals surface area contributed by atoms with Gasteiger partial charge in [0.15, 0.2) is 0 Å². The second-order valence-electron chi connectivity index (χ2n) is 4.66. The van der Waals surface area contributed by atoms with E-state index in [-0.39, 0.29) is 18.1 Å². The van der Waals surface area contributed by atoms with Gasteiger partial charge in [-0.25, -0.2) is 4.98 Å². The Balaban J connectivity index is 2.73. The van der Waals surface area contributed by atoms with Crippen LogP contribution in [-0.4, -0.2) is 23.6 Å². The van der Waals surface area contributed by atoms with Crippen molar-refractivity contribution in [1.82, 2.24) is 10.3 Å². The molecule has 1 rings (SSSR count). The second kappa shape index (κ2) is 7.60. The van der Waals surface area contributed by atoms with Gasteiger partial charge in [0.1, 0.15) is 6.04 Å². The standard InChI is InChI=1S/C14H24N2O2S/c1-6-8-12(14(17)18-7-2)16-10(4)13-9(3)15-11(5)19-13/h10,12,16H,6-8H2,1-5H3. The summed E-state index contributed by atoms with van der Waals surface area (Å²) in [5.41, 5.74) is 1.04. The molecule has 108 valence electrons. The predicted molar refractivity (Wildman–Crippen MR) is 78.5 cm³/mol. The minimum atomic E-state index is -0.234. The first-order valence-corrected chi connectivity index (χ1v) is 7.67. The molecule has 2 atom stereocenters. The molecular formula is C14H24N2O2S. The number of carbonyl (C=O) groups excluding carboxylic acids is 1. The van der Waals surface area contributed by atoms with E-state index >= 15 is 0 Å². The number of thiazole rings is 1. The third-order valence-corrected chi connectivity index (χ3v) is 4.19. The van der Waals surface area contributed by atoms with E-state index in [9.17, 15) is 4.79 Å². The van der Waals surface area contributed by atoms with Crippen molar-refractivity contribution >= 4 is 17.3 Å². The van der Waals surface area contributed by atoms with Crippen LogP contribution in [0.25, 0.3) is 0 Å².